The first-order valence-electron chi connectivity index (χ1n) is 6.79. The molecule has 0 fully saturated rings. The Hall–Kier alpha value is -1.63. The smallest absolute Gasteiger partial charge is 0.0718 e. The van der Waals surface area contributed by atoms with Gasteiger partial charge in [-0.25, -0.2) is 0 Å². The third-order valence-corrected chi connectivity index (χ3v) is 2.62. The van der Waals surface area contributed by atoms with Crippen LogP contribution in [0.2, 0.25) is 0 Å². The molecule has 0 aromatic heterocycles. The predicted octanol–water partition coefficient (Wildman–Crippen LogP) is 2.04. The highest BCUT2D eigenvalue weighted by Crippen LogP contribution is 2.05. The number of benzene rings is 1. The van der Waals surface area contributed by atoms with E-state index in [1.54, 1.807) is 0 Å². The van der Waals surface area contributed by atoms with Crippen molar-refractivity contribution in [3.05, 3.63) is 45.8 Å². The van der Waals surface area contributed by atoms with Crippen molar-refractivity contribution in [1.29, 1.82) is 0 Å². The second-order valence-corrected chi connectivity index (χ2v) is 4.21. The molecule has 7 heteroatoms. The Bertz CT molecular complexity index is 419. The first-order chi connectivity index (χ1) is 10.4. The summed E-state index contributed by atoms with van der Waals surface area (Å²) in [6.07, 6.45) is 0. The van der Waals surface area contributed by atoms with Crippen molar-refractivity contribution in [3.8, 4) is 0 Å². The fourth-order valence-electron chi connectivity index (χ4n) is 1.52. The summed E-state index contributed by atoms with van der Waals surface area (Å²) in [7, 11) is 0. The van der Waals surface area contributed by atoms with Crippen LogP contribution in [-0.4, -0.2) is 44.7 Å². The number of hydrogen-bond acceptors (Lipinski definition) is 5. The molecule has 0 aliphatic carbocycles. The first-order valence-corrected chi connectivity index (χ1v) is 6.79. The summed E-state index contributed by atoms with van der Waals surface area (Å²) in [5, 5.41) is 12.3. The molecule has 1 aromatic carbocycles. The fourth-order valence-corrected chi connectivity index (χ4v) is 1.52. The minimum absolute atomic E-state index is 0.0555. The number of hydrogen-bond donors (Lipinski definition) is 1. The molecular formula is C14H21N3O4. The number of nitrogens with zero attached hydrogens (tertiary/aromatic N) is 3. The predicted molar refractivity (Wildman–Crippen MR) is 77.7 cm³/mol. The highest BCUT2D eigenvalue weighted by atomic mass is 16.5. The zero-order valence-corrected chi connectivity index (χ0v) is 12.0. The quantitative estimate of drug-likeness (QED) is 0.276. The second-order valence-electron chi connectivity index (χ2n) is 4.21. The molecule has 0 spiro atoms. The zero-order valence-electron chi connectivity index (χ0n) is 12.0. The summed E-state index contributed by atoms with van der Waals surface area (Å²) in [5.41, 5.74) is 10.0. The van der Waals surface area contributed by atoms with Crippen LogP contribution in [0.25, 0.3) is 10.4 Å². The first kappa shape index (κ1) is 17.4. The largest absolute Gasteiger partial charge is 0.392 e. The molecule has 0 saturated heterocycles. The van der Waals surface area contributed by atoms with Crippen LogP contribution in [0.5, 0.6) is 0 Å². The summed E-state index contributed by atoms with van der Waals surface area (Å²) < 4.78 is 16.0. The van der Waals surface area contributed by atoms with Gasteiger partial charge in [0.05, 0.1) is 46.2 Å². The maximum atomic E-state index is 8.93. The van der Waals surface area contributed by atoms with Gasteiger partial charge in [-0.2, -0.15) is 0 Å². The van der Waals surface area contributed by atoms with Crippen molar-refractivity contribution in [3.63, 3.8) is 0 Å². The molecule has 0 aliphatic heterocycles. The van der Waals surface area contributed by atoms with Crippen LogP contribution in [0, 0.1) is 0 Å². The third-order valence-electron chi connectivity index (χ3n) is 2.62. The van der Waals surface area contributed by atoms with E-state index in [1.165, 1.54) is 0 Å². The fraction of sp³-hybridized carbons (Fsp3) is 0.571. The zero-order chi connectivity index (χ0) is 15.2. The molecule has 7 nitrogen and oxygen atoms in total. The van der Waals surface area contributed by atoms with Crippen molar-refractivity contribution in [2.75, 3.05) is 39.6 Å². The molecule has 0 saturated carbocycles. The molecule has 116 valence electrons. The molecule has 0 unspecified atom stereocenters. The van der Waals surface area contributed by atoms with Crippen molar-refractivity contribution in [2.45, 2.75) is 13.2 Å². The molecule has 21 heavy (non-hydrogen) atoms. The van der Waals surface area contributed by atoms with Gasteiger partial charge in [-0.05, 0) is 16.7 Å². The van der Waals surface area contributed by atoms with Crippen LogP contribution < -0.4 is 0 Å². The molecule has 0 aliphatic rings. The van der Waals surface area contributed by atoms with Crippen LogP contribution in [0.4, 0.5) is 0 Å². The van der Waals surface area contributed by atoms with E-state index in [0.29, 0.717) is 46.2 Å². The summed E-state index contributed by atoms with van der Waals surface area (Å²) in [4.78, 5) is 2.62. The summed E-state index contributed by atoms with van der Waals surface area (Å²) in [5.74, 6) is 0. The van der Waals surface area contributed by atoms with Crippen LogP contribution in [0.3, 0.4) is 0 Å². The van der Waals surface area contributed by atoms with Crippen molar-refractivity contribution in [2.24, 2.45) is 5.11 Å². The third kappa shape index (κ3) is 9.01. The van der Waals surface area contributed by atoms with Crippen molar-refractivity contribution in [1.82, 2.24) is 0 Å². The van der Waals surface area contributed by atoms with E-state index in [9.17, 15) is 0 Å². The lowest BCUT2D eigenvalue weighted by Crippen LogP contribution is -2.10. The Morgan fingerprint density at radius 2 is 1.48 bits per heavy atom. The van der Waals surface area contributed by atoms with Gasteiger partial charge < -0.3 is 19.3 Å². The molecule has 1 rings (SSSR count). The van der Waals surface area contributed by atoms with E-state index in [4.69, 9.17) is 24.8 Å². The van der Waals surface area contributed by atoms with Crippen molar-refractivity contribution < 1.29 is 19.3 Å². The normalized spacial score (nSPS) is 10.3. The summed E-state index contributed by atoms with van der Waals surface area (Å²) in [6.45, 7) is 3.32. The minimum Gasteiger partial charge on any atom is -0.392 e. The maximum Gasteiger partial charge on any atom is 0.0718 e. The van der Waals surface area contributed by atoms with Gasteiger partial charge in [-0.15, -0.1) is 0 Å². The number of azide groups is 1. The van der Waals surface area contributed by atoms with E-state index >= 15 is 0 Å². The van der Waals surface area contributed by atoms with E-state index in [2.05, 4.69) is 10.0 Å². The Morgan fingerprint density at radius 1 is 0.905 bits per heavy atom. The Kier molecular flexibility index (Phi) is 10.1. The molecule has 0 amide bonds. The van der Waals surface area contributed by atoms with Gasteiger partial charge in [-0.1, -0.05) is 29.4 Å². The number of aliphatic hydroxyl groups excluding tert-OH is 1. The van der Waals surface area contributed by atoms with Gasteiger partial charge in [0.25, 0.3) is 0 Å². The SMILES string of the molecule is [N-]=[N+]=NCCOCCOCCOCc1ccc(CO)cc1. The maximum absolute atomic E-state index is 8.93. The number of rotatable bonds is 12. The van der Waals surface area contributed by atoms with Gasteiger partial charge in [0.15, 0.2) is 0 Å². The molecule has 0 heterocycles. The number of aliphatic hydroxyl groups is 1. The van der Waals surface area contributed by atoms with E-state index in [1.807, 2.05) is 24.3 Å². The molecule has 1 N–H and O–H groups in total. The van der Waals surface area contributed by atoms with Crippen molar-refractivity contribution >= 4 is 0 Å². The Balaban J connectivity index is 1.91. The lowest BCUT2D eigenvalue weighted by Gasteiger charge is -2.07. The van der Waals surface area contributed by atoms with Gasteiger partial charge in [0.1, 0.15) is 0 Å². The van der Waals surface area contributed by atoms with E-state index in [0.717, 1.165) is 11.1 Å². The lowest BCUT2D eigenvalue weighted by atomic mass is 10.1. The van der Waals surface area contributed by atoms with Gasteiger partial charge in [-0.3, -0.25) is 0 Å². The molecule has 1 aromatic rings. The summed E-state index contributed by atoms with van der Waals surface area (Å²) in [6, 6.07) is 7.62. The highest BCUT2D eigenvalue weighted by molar-refractivity contribution is 5.21. The van der Waals surface area contributed by atoms with Gasteiger partial charge >= 0.3 is 0 Å². The highest BCUT2D eigenvalue weighted by Gasteiger charge is 1.95. The number of ether oxygens (including phenoxy) is 3. The lowest BCUT2D eigenvalue weighted by molar-refractivity contribution is 0.0119. The molecular weight excluding hydrogens is 274 g/mol. The van der Waals surface area contributed by atoms with Crippen LogP contribution >= 0.6 is 0 Å². The van der Waals surface area contributed by atoms with E-state index < -0.39 is 0 Å². The van der Waals surface area contributed by atoms with E-state index in [-0.39, 0.29) is 6.61 Å². The molecule has 0 radical (unpaired) electrons. The van der Waals surface area contributed by atoms with Crippen LogP contribution in [0.1, 0.15) is 11.1 Å². The topological polar surface area (TPSA) is 96.7 Å². The second kappa shape index (κ2) is 12.1. The molecule has 0 bridgehead atoms. The Morgan fingerprint density at radius 3 is 2.10 bits per heavy atom. The molecule has 0 atom stereocenters. The standard InChI is InChI=1S/C14H21N3O4/c15-17-16-5-6-19-7-8-20-9-10-21-12-14-3-1-13(11-18)2-4-14/h1-4,18H,5-12H2. The minimum atomic E-state index is 0.0555. The average Bonchev–Trinajstić information content (AvgIpc) is 2.53. The Labute approximate surface area is 124 Å². The van der Waals surface area contributed by atoms with Gasteiger partial charge in [0, 0.05) is 11.5 Å². The van der Waals surface area contributed by atoms with Crippen LogP contribution in [0.15, 0.2) is 29.4 Å². The average molecular weight is 295 g/mol. The van der Waals surface area contributed by atoms with Gasteiger partial charge in [0.2, 0.25) is 0 Å². The summed E-state index contributed by atoms with van der Waals surface area (Å²) >= 11 is 0. The monoisotopic (exact) mass is 295 g/mol. The van der Waals surface area contributed by atoms with Crippen LogP contribution in [-0.2, 0) is 27.4 Å².